The van der Waals surface area contributed by atoms with Crippen LogP contribution in [0.5, 0.6) is 0 Å². The number of nitrogen functional groups attached to an aromatic ring is 1. The number of aromatic nitrogens is 2. The van der Waals surface area contributed by atoms with Gasteiger partial charge >= 0.3 is 0 Å². The van der Waals surface area contributed by atoms with Crippen LogP contribution in [0.3, 0.4) is 0 Å². The van der Waals surface area contributed by atoms with Gasteiger partial charge in [0.05, 0.1) is 11.4 Å². The average molecular weight is 264 g/mol. The second-order valence-electron chi connectivity index (χ2n) is 5.22. The Kier molecular flexibility index (Phi) is 4.12. The van der Waals surface area contributed by atoms with Crippen molar-refractivity contribution in [2.45, 2.75) is 52.0 Å². The first kappa shape index (κ1) is 13.9. The van der Waals surface area contributed by atoms with E-state index in [1.807, 2.05) is 18.7 Å². The van der Waals surface area contributed by atoms with Crippen LogP contribution in [0, 0.1) is 0 Å². The molecule has 0 unspecified atom stereocenters. The molecule has 0 spiro atoms. The summed E-state index contributed by atoms with van der Waals surface area (Å²) < 4.78 is 1.63. The summed E-state index contributed by atoms with van der Waals surface area (Å²) in [6.07, 6.45) is 5.41. The largest absolute Gasteiger partial charge is 0.395 e. The molecule has 1 aliphatic carbocycles. The molecule has 0 bridgehead atoms. The molecule has 106 valence electrons. The second-order valence-corrected chi connectivity index (χ2v) is 5.22. The van der Waals surface area contributed by atoms with Gasteiger partial charge in [0.15, 0.2) is 0 Å². The molecule has 1 saturated carbocycles. The Morgan fingerprint density at radius 2 is 2.05 bits per heavy atom. The molecule has 0 saturated heterocycles. The maximum Gasteiger partial charge on any atom is 0.274 e. The highest BCUT2D eigenvalue weighted by molar-refractivity contribution is 5.98. The van der Waals surface area contributed by atoms with Gasteiger partial charge in [-0.15, -0.1) is 0 Å². The molecular weight excluding hydrogens is 240 g/mol. The Morgan fingerprint density at radius 1 is 1.42 bits per heavy atom. The fourth-order valence-electron chi connectivity index (χ4n) is 3.03. The highest BCUT2D eigenvalue weighted by atomic mass is 16.2. The van der Waals surface area contributed by atoms with Crippen molar-refractivity contribution in [3.63, 3.8) is 0 Å². The molecule has 1 aromatic heterocycles. The zero-order valence-electron chi connectivity index (χ0n) is 12.1. The predicted octanol–water partition coefficient (Wildman–Crippen LogP) is 1.97. The van der Waals surface area contributed by atoms with Gasteiger partial charge in [0.25, 0.3) is 5.91 Å². The van der Waals surface area contributed by atoms with Crippen LogP contribution in [0.2, 0.25) is 0 Å². The van der Waals surface area contributed by atoms with Crippen molar-refractivity contribution < 1.29 is 4.79 Å². The first-order valence-corrected chi connectivity index (χ1v) is 7.22. The molecule has 5 heteroatoms. The van der Waals surface area contributed by atoms with Crippen LogP contribution in [0.4, 0.5) is 5.69 Å². The van der Waals surface area contributed by atoms with Crippen molar-refractivity contribution in [2.24, 2.45) is 7.05 Å². The van der Waals surface area contributed by atoms with Crippen molar-refractivity contribution in [1.29, 1.82) is 0 Å². The van der Waals surface area contributed by atoms with E-state index < -0.39 is 0 Å². The molecule has 2 N–H and O–H groups in total. The number of nitrogens with zero attached hydrogens (tertiary/aromatic N) is 3. The number of aryl methyl sites for hydroxylation is 2. The Balaban J connectivity index is 2.29. The number of amides is 1. The molecule has 1 amide bonds. The Labute approximate surface area is 114 Å². The Hall–Kier alpha value is -1.52. The summed E-state index contributed by atoms with van der Waals surface area (Å²) in [4.78, 5) is 14.7. The molecular formula is C14H24N4O. The number of nitrogens with two attached hydrogens (primary N) is 1. The second kappa shape index (κ2) is 5.63. The van der Waals surface area contributed by atoms with Crippen LogP contribution in [0.15, 0.2) is 0 Å². The lowest BCUT2D eigenvalue weighted by Crippen LogP contribution is -2.39. The lowest BCUT2D eigenvalue weighted by Gasteiger charge is -2.27. The lowest BCUT2D eigenvalue weighted by molar-refractivity contribution is 0.0683. The standard InChI is InChI=1S/C14H24N4O/c1-4-11-12(15)13(17(3)16-11)14(19)18(5-2)10-8-6-7-9-10/h10H,4-9,15H2,1-3H3. The van der Waals surface area contributed by atoms with E-state index in [0.717, 1.165) is 31.5 Å². The maximum atomic E-state index is 12.7. The number of carbonyl (C=O) groups excluding carboxylic acids is 1. The zero-order chi connectivity index (χ0) is 14.0. The molecule has 0 radical (unpaired) electrons. The van der Waals surface area contributed by atoms with Crippen LogP contribution >= 0.6 is 0 Å². The van der Waals surface area contributed by atoms with E-state index >= 15 is 0 Å². The fraction of sp³-hybridized carbons (Fsp3) is 0.714. The number of carbonyl (C=O) groups is 1. The van der Waals surface area contributed by atoms with E-state index in [-0.39, 0.29) is 5.91 Å². The van der Waals surface area contributed by atoms with E-state index in [4.69, 9.17) is 5.73 Å². The van der Waals surface area contributed by atoms with Crippen molar-refractivity contribution in [1.82, 2.24) is 14.7 Å². The molecule has 0 aromatic carbocycles. The minimum Gasteiger partial charge on any atom is -0.395 e. The first-order chi connectivity index (χ1) is 9.10. The third-order valence-electron chi connectivity index (χ3n) is 4.06. The average Bonchev–Trinajstić information content (AvgIpc) is 2.99. The van der Waals surface area contributed by atoms with E-state index in [1.165, 1.54) is 12.8 Å². The highest BCUT2D eigenvalue weighted by Gasteiger charge is 2.29. The molecule has 1 aliphatic rings. The van der Waals surface area contributed by atoms with Crippen LogP contribution in [-0.4, -0.2) is 33.2 Å². The molecule has 1 fully saturated rings. The van der Waals surface area contributed by atoms with Crippen molar-refractivity contribution in [3.05, 3.63) is 11.4 Å². The van der Waals surface area contributed by atoms with Gasteiger partial charge in [-0.1, -0.05) is 19.8 Å². The quantitative estimate of drug-likeness (QED) is 0.904. The topological polar surface area (TPSA) is 64.2 Å². The Bertz CT molecular complexity index is 460. The van der Waals surface area contributed by atoms with E-state index in [1.54, 1.807) is 11.7 Å². The monoisotopic (exact) mass is 264 g/mol. The predicted molar refractivity (Wildman–Crippen MR) is 76.0 cm³/mol. The maximum absolute atomic E-state index is 12.7. The molecule has 1 aromatic rings. The normalized spacial score (nSPS) is 15.9. The third-order valence-corrected chi connectivity index (χ3v) is 4.06. The number of hydrogen-bond donors (Lipinski definition) is 1. The zero-order valence-corrected chi connectivity index (χ0v) is 12.1. The van der Waals surface area contributed by atoms with Crippen molar-refractivity contribution in [2.75, 3.05) is 12.3 Å². The fourth-order valence-corrected chi connectivity index (χ4v) is 3.03. The summed E-state index contributed by atoms with van der Waals surface area (Å²) in [5.74, 6) is 0.0293. The molecule has 19 heavy (non-hydrogen) atoms. The van der Waals surface area contributed by atoms with Gasteiger partial charge in [-0.2, -0.15) is 5.10 Å². The molecule has 0 atom stereocenters. The number of anilines is 1. The number of rotatable bonds is 4. The van der Waals surface area contributed by atoms with Gasteiger partial charge in [-0.25, -0.2) is 0 Å². The molecule has 1 heterocycles. The van der Waals surface area contributed by atoms with Gasteiger partial charge in [-0.3, -0.25) is 9.48 Å². The van der Waals surface area contributed by atoms with Gasteiger partial charge in [-0.05, 0) is 26.2 Å². The van der Waals surface area contributed by atoms with E-state index in [9.17, 15) is 4.79 Å². The van der Waals surface area contributed by atoms with Crippen LogP contribution in [0.1, 0.15) is 55.7 Å². The number of hydrogen-bond acceptors (Lipinski definition) is 3. The van der Waals surface area contributed by atoms with Crippen LogP contribution in [0.25, 0.3) is 0 Å². The van der Waals surface area contributed by atoms with E-state index in [0.29, 0.717) is 17.4 Å². The SMILES string of the molecule is CCc1nn(C)c(C(=O)N(CC)C2CCCC2)c1N. The van der Waals surface area contributed by atoms with Gasteiger partial charge < -0.3 is 10.6 Å². The van der Waals surface area contributed by atoms with Crippen LogP contribution in [-0.2, 0) is 13.5 Å². The Morgan fingerprint density at radius 3 is 2.53 bits per heavy atom. The van der Waals surface area contributed by atoms with Crippen molar-refractivity contribution in [3.8, 4) is 0 Å². The molecule has 2 rings (SSSR count). The minimum atomic E-state index is 0.0293. The summed E-state index contributed by atoms with van der Waals surface area (Å²) in [5, 5.41) is 4.34. The summed E-state index contributed by atoms with van der Waals surface area (Å²) in [6, 6.07) is 0.372. The van der Waals surface area contributed by atoms with Gasteiger partial charge in [0, 0.05) is 19.6 Å². The first-order valence-electron chi connectivity index (χ1n) is 7.22. The van der Waals surface area contributed by atoms with Crippen molar-refractivity contribution >= 4 is 11.6 Å². The smallest absolute Gasteiger partial charge is 0.274 e. The van der Waals surface area contributed by atoms with Crippen LogP contribution < -0.4 is 5.73 Å². The van der Waals surface area contributed by atoms with Gasteiger partial charge in [0.1, 0.15) is 5.69 Å². The van der Waals surface area contributed by atoms with E-state index in [2.05, 4.69) is 5.10 Å². The summed E-state index contributed by atoms with van der Waals surface area (Å²) in [6.45, 7) is 4.76. The third kappa shape index (κ3) is 2.46. The summed E-state index contributed by atoms with van der Waals surface area (Å²) in [7, 11) is 1.80. The van der Waals surface area contributed by atoms with Gasteiger partial charge in [0.2, 0.25) is 0 Å². The highest BCUT2D eigenvalue weighted by Crippen LogP contribution is 2.26. The molecule has 0 aliphatic heterocycles. The minimum absolute atomic E-state index is 0.0293. The summed E-state index contributed by atoms with van der Waals surface area (Å²) >= 11 is 0. The molecule has 5 nitrogen and oxygen atoms in total. The summed E-state index contributed by atoms with van der Waals surface area (Å²) in [5.41, 5.74) is 7.98. The lowest BCUT2D eigenvalue weighted by atomic mass is 10.1.